The quantitative estimate of drug-likeness (QED) is 0.431. The van der Waals surface area contributed by atoms with Gasteiger partial charge in [-0.25, -0.2) is 0 Å². The van der Waals surface area contributed by atoms with E-state index in [1.807, 2.05) is 0 Å². The number of nitrogens with zero attached hydrogens (tertiary/aromatic N) is 3. The van der Waals surface area contributed by atoms with Crippen molar-refractivity contribution in [2.24, 2.45) is 16.0 Å². The third kappa shape index (κ3) is 4.64. The van der Waals surface area contributed by atoms with Gasteiger partial charge < -0.3 is 4.74 Å². The van der Waals surface area contributed by atoms with Crippen molar-refractivity contribution >= 4 is 41.1 Å². The van der Waals surface area contributed by atoms with Gasteiger partial charge in [-0.05, 0) is 38.5 Å². The normalized spacial score (nSPS) is 17.5. The molecule has 0 fully saturated rings. The highest BCUT2D eigenvalue weighted by molar-refractivity contribution is 6.31. The van der Waals surface area contributed by atoms with Gasteiger partial charge in [-0.1, -0.05) is 17.7 Å². The third-order valence-corrected chi connectivity index (χ3v) is 3.70. The minimum atomic E-state index is -0.480. The highest BCUT2D eigenvalue weighted by Crippen LogP contribution is 2.25. The zero-order valence-corrected chi connectivity index (χ0v) is 14.5. The standard InChI is InChI=1S/C17H20ClN3O3/c1-3-24-16(22)8-5-9-19-11-15-12(2)20-21(17(15)23)14-7-4-6-13(18)10-14/h4,6-7,10-11,15H,3,5,8-9H2,1-2H3. The summed E-state index contributed by atoms with van der Waals surface area (Å²) in [5.41, 5.74) is 1.30. The van der Waals surface area contributed by atoms with E-state index in [0.717, 1.165) is 0 Å². The number of rotatable bonds is 7. The molecular formula is C17H20ClN3O3. The number of amides is 1. The van der Waals surface area contributed by atoms with E-state index >= 15 is 0 Å². The predicted molar refractivity (Wildman–Crippen MR) is 94.8 cm³/mol. The van der Waals surface area contributed by atoms with E-state index < -0.39 is 5.92 Å². The van der Waals surface area contributed by atoms with Gasteiger partial charge in [0, 0.05) is 24.2 Å². The maximum Gasteiger partial charge on any atom is 0.305 e. The van der Waals surface area contributed by atoms with Gasteiger partial charge in [0.1, 0.15) is 5.92 Å². The van der Waals surface area contributed by atoms with Crippen molar-refractivity contribution in [3.05, 3.63) is 29.3 Å². The molecule has 1 aromatic rings. The van der Waals surface area contributed by atoms with E-state index in [2.05, 4.69) is 10.1 Å². The zero-order chi connectivity index (χ0) is 17.5. The summed E-state index contributed by atoms with van der Waals surface area (Å²) in [5, 5.41) is 6.18. The molecule has 24 heavy (non-hydrogen) atoms. The topological polar surface area (TPSA) is 71.3 Å². The molecular weight excluding hydrogens is 330 g/mol. The molecule has 1 aliphatic rings. The third-order valence-electron chi connectivity index (χ3n) is 3.46. The van der Waals surface area contributed by atoms with Crippen LogP contribution in [0, 0.1) is 5.92 Å². The van der Waals surface area contributed by atoms with Crippen LogP contribution in [-0.2, 0) is 14.3 Å². The molecule has 0 saturated heterocycles. The summed E-state index contributed by atoms with van der Waals surface area (Å²) in [6.07, 6.45) is 2.51. The molecule has 1 heterocycles. The Kier molecular flexibility index (Phi) is 6.49. The summed E-state index contributed by atoms with van der Waals surface area (Å²) in [7, 11) is 0. The smallest absolute Gasteiger partial charge is 0.305 e. The number of hydrogen-bond acceptors (Lipinski definition) is 5. The molecule has 1 aromatic carbocycles. The van der Waals surface area contributed by atoms with Crippen molar-refractivity contribution in [1.82, 2.24) is 0 Å². The van der Waals surface area contributed by atoms with Gasteiger partial charge in [0.25, 0.3) is 5.91 Å². The van der Waals surface area contributed by atoms with E-state index in [1.54, 1.807) is 44.3 Å². The summed E-state index contributed by atoms with van der Waals surface area (Å²) >= 11 is 5.96. The number of hydrogen-bond donors (Lipinski definition) is 0. The van der Waals surface area contributed by atoms with E-state index in [0.29, 0.717) is 42.4 Å². The number of carbonyl (C=O) groups excluding carboxylic acids is 2. The summed E-state index contributed by atoms with van der Waals surface area (Å²) in [6.45, 7) is 4.41. The average molecular weight is 350 g/mol. The lowest BCUT2D eigenvalue weighted by Crippen LogP contribution is -2.28. The molecule has 1 unspecified atom stereocenters. The van der Waals surface area contributed by atoms with Gasteiger partial charge in [-0.15, -0.1) is 0 Å². The monoisotopic (exact) mass is 349 g/mol. The van der Waals surface area contributed by atoms with Crippen molar-refractivity contribution in [3.8, 4) is 0 Å². The van der Waals surface area contributed by atoms with E-state index in [9.17, 15) is 9.59 Å². The van der Waals surface area contributed by atoms with Gasteiger partial charge in [-0.2, -0.15) is 10.1 Å². The minimum absolute atomic E-state index is 0.163. The first-order chi connectivity index (χ1) is 11.5. The van der Waals surface area contributed by atoms with Crippen LogP contribution >= 0.6 is 11.6 Å². The number of esters is 1. The summed E-state index contributed by atoms with van der Waals surface area (Å²) < 4.78 is 4.85. The second-order valence-corrected chi connectivity index (χ2v) is 5.75. The Balaban J connectivity index is 1.91. The Labute approximate surface area is 146 Å². The molecule has 128 valence electrons. The van der Waals surface area contributed by atoms with Gasteiger partial charge in [0.2, 0.25) is 0 Å². The van der Waals surface area contributed by atoms with E-state index in [-0.39, 0.29) is 11.9 Å². The molecule has 0 radical (unpaired) electrons. The first-order valence-electron chi connectivity index (χ1n) is 7.83. The molecule has 2 rings (SSSR count). The van der Waals surface area contributed by atoms with Crippen LogP contribution in [0.2, 0.25) is 5.02 Å². The number of carbonyl (C=O) groups is 2. The number of hydrazone groups is 1. The largest absolute Gasteiger partial charge is 0.466 e. The SMILES string of the molecule is CCOC(=O)CCCN=CC1C(=O)N(c2cccc(Cl)c2)N=C1C. The Hall–Kier alpha value is -2.21. The number of benzene rings is 1. The Bertz CT molecular complexity index is 673. The van der Waals surface area contributed by atoms with Crippen molar-refractivity contribution in [2.45, 2.75) is 26.7 Å². The lowest BCUT2D eigenvalue weighted by molar-refractivity contribution is -0.143. The Morgan fingerprint density at radius 3 is 3.00 bits per heavy atom. The van der Waals surface area contributed by atoms with Crippen LogP contribution in [0.1, 0.15) is 26.7 Å². The first kappa shape index (κ1) is 18.1. The number of halogens is 1. The molecule has 0 aromatic heterocycles. The fourth-order valence-electron chi connectivity index (χ4n) is 2.27. The first-order valence-corrected chi connectivity index (χ1v) is 8.21. The van der Waals surface area contributed by atoms with Crippen molar-refractivity contribution in [3.63, 3.8) is 0 Å². The van der Waals surface area contributed by atoms with Crippen LogP contribution < -0.4 is 5.01 Å². The number of aliphatic imine (C=N–C) groups is 1. The van der Waals surface area contributed by atoms with E-state index in [4.69, 9.17) is 16.3 Å². The molecule has 1 atom stereocenters. The fourth-order valence-corrected chi connectivity index (χ4v) is 2.46. The lowest BCUT2D eigenvalue weighted by Gasteiger charge is -2.12. The van der Waals surface area contributed by atoms with Crippen LogP contribution in [0.3, 0.4) is 0 Å². The fraction of sp³-hybridized carbons (Fsp3) is 0.412. The number of ether oxygens (including phenoxy) is 1. The van der Waals surface area contributed by atoms with Crippen molar-refractivity contribution < 1.29 is 14.3 Å². The molecule has 0 aliphatic carbocycles. The minimum Gasteiger partial charge on any atom is -0.466 e. The highest BCUT2D eigenvalue weighted by atomic mass is 35.5. The van der Waals surface area contributed by atoms with Crippen LogP contribution in [0.15, 0.2) is 34.4 Å². The number of anilines is 1. The van der Waals surface area contributed by atoms with Crippen LogP contribution in [0.25, 0.3) is 0 Å². The summed E-state index contributed by atoms with van der Waals surface area (Å²) in [6, 6.07) is 6.98. The molecule has 6 nitrogen and oxygen atoms in total. The molecule has 7 heteroatoms. The lowest BCUT2D eigenvalue weighted by atomic mass is 10.1. The molecule has 0 saturated carbocycles. The maximum atomic E-state index is 12.5. The Morgan fingerprint density at radius 1 is 1.50 bits per heavy atom. The van der Waals surface area contributed by atoms with E-state index in [1.165, 1.54) is 5.01 Å². The van der Waals surface area contributed by atoms with Gasteiger partial charge in [0.05, 0.1) is 18.0 Å². The zero-order valence-electron chi connectivity index (χ0n) is 13.7. The van der Waals surface area contributed by atoms with Gasteiger partial charge in [0.15, 0.2) is 0 Å². The maximum absolute atomic E-state index is 12.5. The van der Waals surface area contributed by atoms with Gasteiger partial charge >= 0.3 is 5.97 Å². The Morgan fingerprint density at radius 2 is 2.29 bits per heavy atom. The average Bonchev–Trinajstić information content (AvgIpc) is 2.82. The summed E-state index contributed by atoms with van der Waals surface area (Å²) in [4.78, 5) is 28.0. The molecule has 0 bridgehead atoms. The van der Waals surface area contributed by atoms with Crippen molar-refractivity contribution in [1.29, 1.82) is 0 Å². The second kappa shape index (κ2) is 8.59. The predicted octanol–water partition coefficient (Wildman–Crippen LogP) is 3.09. The van der Waals surface area contributed by atoms with Crippen LogP contribution in [0.5, 0.6) is 0 Å². The van der Waals surface area contributed by atoms with Crippen LogP contribution in [0.4, 0.5) is 5.69 Å². The highest BCUT2D eigenvalue weighted by Gasteiger charge is 2.33. The molecule has 1 amide bonds. The van der Waals surface area contributed by atoms with Crippen LogP contribution in [-0.4, -0.2) is 37.0 Å². The molecule has 0 spiro atoms. The van der Waals surface area contributed by atoms with Gasteiger partial charge in [-0.3, -0.25) is 14.6 Å². The molecule has 0 N–H and O–H groups in total. The summed E-state index contributed by atoms with van der Waals surface area (Å²) in [5.74, 6) is -0.870. The molecule has 1 aliphatic heterocycles. The van der Waals surface area contributed by atoms with Crippen molar-refractivity contribution in [2.75, 3.05) is 18.2 Å². The second-order valence-electron chi connectivity index (χ2n) is 5.31.